The first kappa shape index (κ1) is 11.0. The normalized spacial score (nSPS) is 17.5. The zero-order chi connectivity index (χ0) is 10.9. The molecule has 2 nitrogen and oxygen atoms in total. The van der Waals surface area contributed by atoms with Gasteiger partial charge in [0.1, 0.15) is 5.75 Å². The topological polar surface area (TPSA) is 29.5 Å². The predicted octanol–water partition coefficient (Wildman–Crippen LogP) is 2.92. The summed E-state index contributed by atoms with van der Waals surface area (Å²) in [5.41, 5.74) is 0.778. The van der Waals surface area contributed by atoms with Crippen LogP contribution in [0, 0.1) is 0 Å². The third-order valence-corrected chi connectivity index (χ3v) is 3.56. The number of hydrogen-bond acceptors (Lipinski definition) is 2. The Morgan fingerprint density at radius 2 is 2.20 bits per heavy atom. The summed E-state index contributed by atoms with van der Waals surface area (Å²) in [6.07, 6.45) is 3.60. The molecule has 0 spiro atoms. The van der Waals surface area contributed by atoms with Crippen molar-refractivity contribution in [3.8, 4) is 5.75 Å². The lowest BCUT2D eigenvalue weighted by Crippen LogP contribution is -2.08. The number of ether oxygens (including phenoxy) is 1. The van der Waals surface area contributed by atoms with E-state index in [4.69, 9.17) is 4.74 Å². The Morgan fingerprint density at radius 1 is 1.47 bits per heavy atom. The summed E-state index contributed by atoms with van der Waals surface area (Å²) in [5.74, 6) is 0.891. The van der Waals surface area contributed by atoms with Gasteiger partial charge in [-0.05, 0) is 53.2 Å². The van der Waals surface area contributed by atoms with E-state index in [0.29, 0.717) is 0 Å². The van der Waals surface area contributed by atoms with Crippen LogP contribution in [0.5, 0.6) is 5.75 Å². The third-order valence-electron chi connectivity index (χ3n) is 2.94. The maximum atomic E-state index is 9.77. The summed E-state index contributed by atoms with van der Waals surface area (Å²) in [7, 11) is 1.68. The number of hydrogen-bond donors (Lipinski definition) is 1. The first-order valence-electron chi connectivity index (χ1n) is 5.18. The van der Waals surface area contributed by atoms with Gasteiger partial charge in [-0.2, -0.15) is 0 Å². The molecule has 82 valence electrons. The van der Waals surface area contributed by atoms with Crippen molar-refractivity contribution in [2.24, 2.45) is 0 Å². The van der Waals surface area contributed by atoms with Gasteiger partial charge in [-0.1, -0.05) is 12.1 Å². The van der Waals surface area contributed by atoms with E-state index in [1.165, 1.54) is 0 Å². The smallest absolute Gasteiger partial charge is 0.136 e. The van der Waals surface area contributed by atoms with Gasteiger partial charge in [0.25, 0.3) is 0 Å². The monoisotopic (exact) mass is 270 g/mol. The molecule has 0 aliphatic heterocycles. The number of halogens is 1. The molecule has 1 aliphatic rings. The first-order chi connectivity index (χ1) is 7.14. The second kappa shape index (κ2) is 4.14. The van der Waals surface area contributed by atoms with E-state index in [1.54, 1.807) is 7.11 Å². The molecule has 2 rings (SSSR count). The highest BCUT2D eigenvalue weighted by Gasteiger charge is 2.39. The number of benzene rings is 1. The average Bonchev–Trinajstić information content (AvgIpc) is 2.94. The van der Waals surface area contributed by atoms with Crippen molar-refractivity contribution in [2.75, 3.05) is 7.11 Å². The molecule has 0 amide bonds. The molecule has 0 saturated heterocycles. The van der Waals surface area contributed by atoms with Crippen molar-refractivity contribution in [3.05, 3.63) is 28.2 Å². The zero-order valence-electron chi connectivity index (χ0n) is 8.79. The lowest BCUT2D eigenvalue weighted by Gasteiger charge is -2.12. The minimum atomic E-state index is -0.382. The molecule has 0 radical (unpaired) electrons. The van der Waals surface area contributed by atoms with Gasteiger partial charge in [0, 0.05) is 0 Å². The lowest BCUT2D eigenvalue weighted by atomic mass is 10.0. The second-order valence-electron chi connectivity index (χ2n) is 4.16. The van der Waals surface area contributed by atoms with Crippen molar-refractivity contribution in [2.45, 2.75) is 31.3 Å². The minimum absolute atomic E-state index is 0.382. The van der Waals surface area contributed by atoms with Crippen molar-refractivity contribution >= 4 is 15.9 Å². The van der Waals surface area contributed by atoms with Crippen LogP contribution in [0.25, 0.3) is 0 Å². The van der Waals surface area contributed by atoms with Crippen LogP contribution in [0.1, 0.15) is 24.8 Å². The van der Waals surface area contributed by atoms with Gasteiger partial charge in [-0.25, -0.2) is 0 Å². The highest BCUT2D eigenvalue weighted by Crippen LogP contribution is 2.40. The van der Waals surface area contributed by atoms with Crippen molar-refractivity contribution in [3.63, 3.8) is 0 Å². The maximum Gasteiger partial charge on any atom is 0.136 e. The second-order valence-corrected chi connectivity index (χ2v) is 5.01. The molecule has 3 heteroatoms. The maximum absolute atomic E-state index is 9.77. The Labute approximate surface area is 98.4 Å². The van der Waals surface area contributed by atoms with Crippen LogP contribution in [-0.4, -0.2) is 17.8 Å². The zero-order valence-corrected chi connectivity index (χ0v) is 10.4. The summed E-state index contributed by atoms with van der Waals surface area (Å²) >= 11 is 3.46. The van der Waals surface area contributed by atoms with Crippen molar-refractivity contribution in [1.82, 2.24) is 0 Å². The number of methoxy groups -OCH3 is 1. The number of aliphatic hydroxyl groups is 1. The fourth-order valence-corrected chi connectivity index (χ4v) is 2.31. The Bertz CT molecular complexity index is 359. The molecule has 1 aromatic rings. The molecule has 0 bridgehead atoms. The fraction of sp³-hybridized carbons (Fsp3) is 0.500. The van der Waals surface area contributed by atoms with Crippen LogP contribution >= 0.6 is 15.9 Å². The Balaban J connectivity index is 2.09. The SMILES string of the molecule is COc1c(Br)cccc1CCC1(O)CC1. The van der Waals surface area contributed by atoms with Crippen LogP contribution in [0.4, 0.5) is 0 Å². The highest BCUT2D eigenvalue weighted by atomic mass is 79.9. The highest BCUT2D eigenvalue weighted by molar-refractivity contribution is 9.10. The summed E-state index contributed by atoms with van der Waals surface area (Å²) in [5, 5.41) is 9.77. The van der Waals surface area contributed by atoms with Gasteiger partial charge in [0.15, 0.2) is 0 Å². The van der Waals surface area contributed by atoms with E-state index in [2.05, 4.69) is 22.0 Å². The van der Waals surface area contributed by atoms with Gasteiger partial charge < -0.3 is 9.84 Å². The number of aryl methyl sites for hydroxylation is 1. The van der Waals surface area contributed by atoms with Crippen molar-refractivity contribution in [1.29, 1.82) is 0 Å². The largest absolute Gasteiger partial charge is 0.495 e. The van der Waals surface area contributed by atoms with Gasteiger partial charge in [0.05, 0.1) is 17.2 Å². The van der Waals surface area contributed by atoms with Crippen LogP contribution < -0.4 is 4.74 Å². The lowest BCUT2D eigenvalue weighted by molar-refractivity contribution is 0.140. The van der Waals surface area contributed by atoms with E-state index in [-0.39, 0.29) is 5.60 Å². The Hall–Kier alpha value is -0.540. The molecular weight excluding hydrogens is 256 g/mol. The first-order valence-corrected chi connectivity index (χ1v) is 5.98. The molecule has 0 heterocycles. The molecular formula is C12H15BrO2. The van der Waals surface area contributed by atoms with Crippen LogP contribution in [0.15, 0.2) is 22.7 Å². The molecule has 1 fully saturated rings. The molecule has 1 saturated carbocycles. The summed E-state index contributed by atoms with van der Waals surface area (Å²) < 4.78 is 6.31. The van der Waals surface area contributed by atoms with E-state index < -0.39 is 0 Å². The molecule has 0 aromatic heterocycles. The standard InChI is InChI=1S/C12H15BrO2/c1-15-11-9(3-2-4-10(11)13)5-6-12(14)7-8-12/h2-4,14H,5-8H2,1H3. The molecule has 0 atom stereocenters. The van der Waals surface area contributed by atoms with Crippen LogP contribution in [0.3, 0.4) is 0 Å². The minimum Gasteiger partial charge on any atom is -0.495 e. The third kappa shape index (κ3) is 2.52. The summed E-state index contributed by atoms with van der Waals surface area (Å²) in [4.78, 5) is 0. The average molecular weight is 271 g/mol. The summed E-state index contributed by atoms with van der Waals surface area (Å²) in [6, 6.07) is 6.02. The van der Waals surface area contributed by atoms with Crippen molar-refractivity contribution < 1.29 is 9.84 Å². The molecule has 1 N–H and O–H groups in total. The quantitative estimate of drug-likeness (QED) is 0.912. The van der Waals surface area contributed by atoms with Gasteiger partial charge in [-0.15, -0.1) is 0 Å². The Morgan fingerprint density at radius 3 is 2.80 bits per heavy atom. The molecule has 1 aliphatic carbocycles. The van der Waals surface area contributed by atoms with E-state index in [1.807, 2.05) is 12.1 Å². The van der Waals surface area contributed by atoms with E-state index >= 15 is 0 Å². The van der Waals surface area contributed by atoms with Gasteiger partial charge >= 0.3 is 0 Å². The predicted molar refractivity (Wildman–Crippen MR) is 63.2 cm³/mol. The molecule has 1 aromatic carbocycles. The number of para-hydroxylation sites is 1. The fourth-order valence-electron chi connectivity index (χ4n) is 1.74. The van der Waals surface area contributed by atoms with E-state index in [0.717, 1.165) is 41.5 Å². The van der Waals surface area contributed by atoms with Gasteiger partial charge in [0.2, 0.25) is 0 Å². The van der Waals surface area contributed by atoms with E-state index in [9.17, 15) is 5.11 Å². The Kier molecular flexibility index (Phi) is 3.03. The van der Waals surface area contributed by atoms with Crippen LogP contribution in [-0.2, 0) is 6.42 Å². The number of rotatable bonds is 4. The molecule has 15 heavy (non-hydrogen) atoms. The van der Waals surface area contributed by atoms with Crippen LogP contribution in [0.2, 0.25) is 0 Å². The summed E-state index contributed by atoms with van der Waals surface area (Å²) in [6.45, 7) is 0. The van der Waals surface area contributed by atoms with Gasteiger partial charge in [-0.3, -0.25) is 0 Å². The molecule has 0 unspecified atom stereocenters.